The van der Waals surface area contributed by atoms with Crippen molar-refractivity contribution in [1.29, 1.82) is 0 Å². The fourth-order valence-electron chi connectivity index (χ4n) is 1.73. The molecule has 1 aromatic rings. The zero-order valence-corrected chi connectivity index (χ0v) is 11.1. The van der Waals surface area contributed by atoms with Crippen LogP contribution in [-0.2, 0) is 10.1 Å². The van der Waals surface area contributed by atoms with Crippen molar-refractivity contribution in [3.05, 3.63) is 23.9 Å². The van der Waals surface area contributed by atoms with E-state index >= 15 is 0 Å². The maximum atomic E-state index is 5.14. The van der Waals surface area contributed by atoms with Crippen LogP contribution in [0.25, 0.3) is 0 Å². The van der Waals surface area contributed by atoms with E-state index in [1.54, 1.807) is 7.11 Å². The maximum Gasteiger partial charge on any atom is 0.128 e. The van der Waals surface area contributed by atoms with Gasteiger partial charge in [-0.2, -0.15) is 0 Å². The van der Waals surface area contributed by atoms with Crippen LogP contribution in [-0.4, -0.2) is 31.3 Å². The number of nitrogens with zero attached hydrogens (tertiary/aromatic N) is 2. The second-order valence-corrected chi connectivity index (χ2v) is 4.64. The minimum atomic E-state index is 0.678. The largest absolute Gasteiger partial charge is 0.383 e. The lowest BCUT2D eigenvalue weighted by molar-refractivity contribution is 0.204. The summed E-state index contributed by atoms with van der Waals surface area (Å²) < 4.78 is 5.14. The number of pyridine rings is 1. The average Bonchev–Trinajstić information content (AvgIpc) is 3.15. The molecule has 3 nitrogen and oxygen atoms in total. The Bertz CT molecular complexity index is 324. The summed E-state index contributed by atoms with van der Waals surface area (Å²) in [5.74, 6) is 1.07. The number of ether oxygens (including phenoxy) is 1. The van der Waals surface area contributed by atoms with Gasteiger partial charge in [-0.1, -0.05) is 22.0 Å². The molecule has 1 heterocycles. The monoisotopic (exact) mass is 284 g/mol. The first kappa shape index (κ1) is 11.9. The molecule has 88 valence electrons. The van der Waals surface area contributed by atoms with E-state index in [1.807, 2.05) is 6.20 Å². The molecule has 0 atom stereocenters. The zero-order chi connectivity index (χ0) is 11.4. The van der Waals surface area contributed by atoms with E-state index in [1.165, 1.54) is 18.4 Å². The van der Waals surface area contributed by atoms with E-state index in [0.29, 0.717) is 6.04 Å². The van der Waals surface area contributed by atoms with Crippen molar-refractivity contribution >= 4 is 21.7 Å². The van der Waals surface area contributed by atoms with Crippen molar-refractivity contribution in [1.82, 2.24) is 4.98 Å². The summed E-state index contributed by atoms with van der Waals surface area (Å²) in [6.45, 7) is 1.69. The van der Waals surface area contributed by atoms with E-state index in [0.717, 1.165) is 24.3 Å². The molecule has 0 amide bonds. The molecule has 0 spiro atoms. The number of rotatable bonds is 6. The third-order valence-corrected chi connectivity index (χ3v) is 3.43. The second kappa shape index (κ2) is 5.64. The fraction of sp³-hybridized carbons (Fsp3) is 0.583. The minimum absolute atomic E-state index is 0.678. The van der Waals surface area contributed by atoms with Crippen LogP contribution < -0.4 is 4.90 Å². The van der Waals surface area contributed by atoms with Crippen LogP contribution in [0.5, 0.6) is 0 Å². The van der Waals surface area contributed by atoms with Crippen molar-refractivity contribution in [2.75, 3.05) is 25.2 Å². The Labute approximate surface area is 105 Å². The molecule has 0 radical (unpaired) electrons. The molecule has 2 rings (SSSR count). The normalized spacial score (nSPS) is 15.1. The highest BCUT2D eigenvalue weighted by Crippen LogP contribution is 2.30. The summed E-state index contributed by atoms with van der Waals surface area (Å²) in [7, 11) is 1.74. The quantitative estimate of drug-likeness (QED) is 0.751. The van der Waals surface area contributed by atoms with Crippen molar-refractivity contribution in [3.63, 3.8) is 0 Å². The summed E-state index contributed by atoms with van der Waals surface area (Å²) in [6.07, 6.45) is 4.50. The molecular weight excluding hydrogens is 268 g/mol. The number of hydrogen-bond acceptors (Lipinski definition) is 3. The van der Waals surface area contributed by atoms with Gasteiger partial charge < -0.3 is 9.64 Å². The van der Waals surface area contributed by atoms with E-state index < -0.39 is 0 Å². The average molecular weight is 285 g/mol. The SMILES string of the molecule is COCCN(c1ccc(CBr)cn1)C1CC1. The Morgan fingerprint density at radius 3 is 2.81 bits per heavy atom. The van der Waals surface area contributed by atoms with Crippen LogP contribution in [0, 0.1) is 0 Å². The Morgan fingerprint density at radius 1 is 1.50 bits per heavy atom. The van der Waals surface area contributed by atoms with Gasteiger partial charge in [0.2, 0.25) is 0 Å². The van der Waals surface area contributed by atoms with Crippen molar-refractivity contribution in [2.24, 2.45) is 0 Å². The molecule has 1 aromatic heterocycles. The lowest BCUT2D eigenvalue weighted by Crippen LogP contribution is -2.30. The van der Waals surface area contributed by atoms with E-state index in [4.69, 9.17) is 4.74 Å². The molecule has 1 fully saturated rings. The Balaban J connectivity index is 2.05. The number of anilines is 1. The van der Waals surface area contributed by atoms with Gasteiger partial charge in [0.05, 0.1) is 6.61 Å². The van der Waals surface area contributed by atoms with E-state index in [2.05, 4.69) is 37.9 Å². The molecule has 0 unspecified atom stereocenters. The highest BCUT2D eigenvalue weighted by atomic mass is 79.9. The first-order valence-electron chi connectivity index (χ1n) is 5.61. The lowest BCUT2D eigenvalue weighted by Gasteiger charge is -2.23. The second-order valence-electron chi connectivity index (χ2n) is 4.08. The maximum absolute atomic E-state index is 5.14. The molecule has 1 saturated carbocycles. The summed E-state index contributed by atoms with van der Waals surface area (Å²) in [6, 6.07) is 4.90. The minimum Gasteiger partial charge on any atom is -0.383 e. The molecule has 4 heteroatoms. The van der Waals surface area contributed by atoms with Gasteiger partial charge in [0.15, 0.2) is 0 Å². The van der Waals surface area contributed by atoms with Gasteiger partial charge >= 0.3 is 0 Å². The third-order valence-electron chi connectivity index (χ3n) is 2.78. The van der Waals surface area contributed by atoms with Gasteiger partial charge in [-0.3, -0.25) is 0 Å². The molecule has 0 aliphatic heterocycles. The Hall–Kier alpha value is -0.610. The molecule has 16 heavy (non-hydrogen) atoms. The standard InChI is InChI=1S/C12H17BrN2O/c1-16-7-6-15(11-3-4-11)12-5-2-10(8-13)9-14-12/h2,5,9,11H,3-4,6-8H2,1H3. The molecule has 0 N–H and O–H groups in total. The zero-order valence-electron chi connectivity index (χ0n) is 9.53. The number of halogens is 1. The number of hydrogen-bond donors (Lipinski definition) is 0. The predicted octanol–water partition coefficient (Wildman–Crippen LogP) is 2.59. The van der Waals surface area contributed by atoms with Crippen LogP contribution in [0.2, 0.25) is 0 Å². The molecule has 1 aliphatic rings. The van der Waals surface area contributed by atoms with Gasteiger partial charge in [-0.25, -0.2) is 4.98 Å². The summed E-state index contributed by atoms with van der Waals surface area (Å²) >= 11 is 3.43. The van der Waals surface area contributed by atoms with Crippen molar-refractivity contribution < 1.29 is 4.74 Å². The first-order valence-corrected chi connectivity index (χ1v) is 6.73. The van der Waals surface area contributed by atoms with Crippen LogP contribution in [0.4, 0.5) is 5.82 Å². The number of alkyl halides is 1. The van der Waals surface area contributed by atoms with E-state index in [-0.39, 0.29) is 0 Å². The number of methoxy groups -OCH3 is 1. The van der Waals surface area contributed by atoms with Crippen molar-refractivity contribution in [3.8, 4) is 0 Å². The molecular formula is C12H17BrN2O. The predicted molar refractivity (Wildman–Crippen MR) is 69.1 cm³/mol. The van der Waals surface area contributed by atoms with Gasteiger partial charge in [0.1, 0.15) is 5.82 Å². The lowest BCUT2D eigenvalue weighted by atomic mass is 10.3. The van der Waals surface area contributed by atoms with Crippen molar-refractivity contribution in [2.45, 2.75) is 24.2 Å². The van der Waals surface area contributed by atoms with Gasteiger partial charge in [-0.05, 0) is 24.5 Å². The Morgan fingerprint density at radius 2 is 2.31 bits per heavy atom. The molecule has 0 aromatic carbocycles. The summed E-state index contributed by atoms with van der Waals surface area (Å²) in [5.41, 5.74) is 1.21. The molecule has 0 bridgehead atoms. The van der Waals surface area contributed by atoms with Gasteiger partial charge in [0.25, 0.3) is 0 Å². The smallest absolute Gasteiger partial charge is 0.128 e. The summed E-state index contributed by atoms with van der Waals surface area (Å²) in [5, 5.41) is 0.863. The fourth-order valence-corrected chi connectivity index (χ4v) is 2.06. The highest BCUT2D eigenvalue weighted by molar-refractivity contribution is 9.08. The number of aromatic nitrogens is 1. The third kappa shape index (κ3) is 2.95. The molecule has 0 saturated heterocycles. The van der Waals surface area contributed by atoms with Crippen LogP contribution in [0.15, 0.2) is 18.3 Å². The van der Waals surface area contributed by atoms with Crippen LogP contribution in [0.3, 0.4) is 0 Å². The first-order chi connectivity index (χ1) is 7.85. The van der Waals surface area contributed by atoms with Crippen LogP contribution >= 0.6 is 15.9 Å². The highest BCUT2D eigenvalue weighted by Gasteiger charge is 2.29. The summed E-state index contributed by atoms with van der Waals surface area (Å²) in [4.78, 5) is 6.85. The topological polar surface area (TPSA) is 25.4 Å². The van der Waals surface area contributed by atoms with Crippen LogP contribution in [0.1, 0.15) is 18.4 Å². The van der Waals surface area contributed by atoms with Gasteiger partial charge in [0, 0.05) is 31.2 Å². The molecule has 1 aliphatic carbocycles. The Kier molecular flexibility index (Phi) is 4.18. The van der Waals surface area contributed by atoms with Gasteiger partial charge in [-0.15, -0.1) is 0 Å². The van der Waals surface area contributed by atoms with E-state index in [9.17, 15) is 0 Å².